The van der Waals surface area contributed by atoms with Gasteiger partial charge in [0.05, 0.1) is 17.8 Å². The molecule has 0 saturated heterocycles. The topological polar surface area (TPSA) is 22.1 Å². The fourth-order valence-electron chi connectivity index (χ4n) is 2.20. The van der Waals surface area contributed by atoms with Gasteiger partial charge < -0.3 is 4.74 Å². The Morgan fingerprint density at radius 1 is 1.14 bits per heavy atom. The molecule has 0 amide bonds. The van der Waals surface area contributed by atoms with Gasteiger partial charge in [-0.15, -0.1) is 11.3 Å². The van der Waals surface area contributed by atoms with Crippen molar-refractivity contribution in [3.63, 3.8) is 0 Å². The van der Waals surface area contributed by atoms with Crippen LogP contribution in [0.15, 0.2) is 47.8 Å². The summed E-state index contributed by atoms with van der Waals surface area (Å²) in [5, 5.41) is 3.72. The Balaban J connectivity index is 1.99. The predicted molar refractivity (Wildman–Crippen MR) is 89.3 cm³/mol. The number of aromatic nitrogens is 1. The van der Waals surface area contributed by atoms with Crippen molar-refractivity contribution in [2.45, 2.75) is 6.92 Å². The van der Waals surface area contributed by atoms with Crippen molar-refractivity contribution in [1.29, 1.82) is 0 Å². The second-order valence-electron chi connectivity index (χ2n) is 4.70. The lowest BCUT2D eigenvalue weighted by atomic mass is 10.1. The van der Waals surface area contributed by atoms with Gasteiger partial charge in [-0.1, -0.05) is 29.8 Å². The van der Waals surface area contributed by atoms with Gasteiger partial charge in [0.2, 0.25) is 0 Å². The monoisotopic (exact) mass is 315 g/mol. The molecule has 0 saturated carbocycles. The quantitative estimate of drug-likeness (QED) is 0.641. The number of nitrogens with zero attached hydrogens (tertiary/aromatic N) is 1. The van der Waals surface area contributed by atoms with E-state index in [0.717, 1.165) is 38.2 Å². The first-order chi connectivity index (χ1) is 10.2. The first-order valence-electron chi connectivity index (χ1n) is 6.54. The summed E-state index contributed by atoms with van der Waals surface area (Å²) in [7, 11) is 1.68. The molecule has 1 heterocycles. The summed E-state index contributed by atoms with van der Waals surface area (Å²) in [6, 6.07) is 13.9. The normalized spacial score (nSPS) is 10.6. The average molecular weight is 316 g/mol. The molecule has 0 fully saturated rings. The van der Waals surface area contributed by atoms with Crippen LogP contribution in [0, 0.1) is 6.92 Å². The van der Waals surface area contributed by atoms with E-state index in [1.165, 1.54) is 0 Å². The number of rotatable bonds is 3. The SMILES string of the molecule is COc1ccc(-c2csc(-c3ccccc3Cl)n2)cc1C. The Morgan fingerprint density at radius 2 is 1.95 bits per heavy atom. The summed E-state index contributed by atoms with van der Waals surface area (Å²) in [6.45, 7) is 2.03. The van der Waals surface area contributed by atoms with Crippen molar-refractivity contribution in [2.24, 2.45) is 0 Å². The minimum absolute atomic E-state index is 0.726. The second-order valence-corrected chi connectivity index (χ2v) is 5.97. The maximum Gasteiger partial charge on any atom is 0.125 e. The Morgan fingerprint density at radius 3 is 2.67 bits per heavy atom. The van der Waals surface area contributed by atoms with Crippen LogP contribution in [0.4, 0.5) is 0 Å². The molecule has 2 aromatic carbocycles. The van der Waals surface area contributed by atoms with Gasteiger partial charge in [0.1, 0.15) is 10.8 Å². The molecule has 0 radical (unpaired) electrons. The molecule has 0 aliphatic carbocycles. The van der Waals surface area contributed by atoms with Crippen molar-refractivity contribution in [1.82, 2.24) is 4.98 Å². The van der Waals surface area contributed by atoms with E-state index >= 15 is 0 Å². The van der Waals surface area contributed by atoms with Crippen LogP contribution in [-0.2, 0) is 0 Å². The molecular weight excluding hydrogens is 302 g/mol. The molecule has 0 spiro atoms. The van der Waals surface area contributed by atoms with Crippen molar-refractivity contribution < 1.29 is 4.74 Å². The van der Waals surface area contributed by atoms with E-state index in [1.54, 1.807) is 18.4 Å². The molecule has 0 unspecified atom stereocenters. The molecule has 4 heteroatoms. The van der Waals surface area contributed by atoms with Crippen molar-refractivity contribution in [3.8, 4) is 27.6 Å². The van der Waals surface area contributed by atoms with Gasteiger partial charge in [-0.2, -0.15) is 0 Å². The molecule has 21 heavy (non-hydrogen) atoms. The van der Waals surface area contributed by atoms with Crippen molar-refractivity contribution in [3.05, 3.63) is 58.4 Å². The third-order valence-corrected chi connectivity index (χ3v) is 4.50. The van der Waals surface area contributed by atoms with E-state index in [9.17, 15) is 0 Å². The molecule has 2 nitrogen and oxygen atoms in total. The minimum atomic E-state index is 0.726. The maximum atomic E-state index is 6.23. The van der Waals surface area contributed by atoms with E-state index in [-0.39, 0.29) is 0 Å². The zero-order valence-electron chi connectivity index (χ0n) is 11.8. The van der Waals surface area contributed by atoms with Gasteiger partial charge in [0.25, 0.3) is 0 Å². The van der Waals surface area contributed by atoms with Gasteiger partial charge in [0, 0.05) is 16.5 Å². The largest absolute Gasteiger partial charge is 0.496 e. The molecule has 0 bridgehead atoms. The highest BCUT2D eigenvalue weighted by Gasteiger charge is 2.10. The summed E-state index contributed by atoms with van der Waals surface area (Å²) in [6.07, 6.45) is 0. The predicted octanol–water partition coefficient (Wildman–Crippen LogP) is 5.45. The standard InChI is InChI=1S/C17H14ClNOS/c1-11-9-12(7-8-16(11)20-2)15-10-21-17(19-15)13-5-3-4-6-14(13)18/h3-10H,1-2H3. The smallest absolute Gasteiger partial charge is 0.125 e. The fraction of sp³-hybridized carbons (Fsp3) is 0.118. The first kappa shape index (κ1) is 14.1. The Kier molecular flexibility index (Phi) is 3.95. The van der Waals surface area contributed by atoms with Crippen LogP contribution < -0.4 is 4.74 Å². The highest BCUT2D eigenvalue weighted by molar-refractivity contribution is 7.13. The number of thiazole rings is 1. The van der Waals surface area contributed by atoms with Crippen LogP contribution in [-0.4, -0.2) is 12.1 Å². The molecule has 0 aliphatic rings. The molecule has 3 aromatic rings. The van der Waals surface area contributed by atoms with Gasteiger partial charge in [0.15, 0.2) is 0 Å². The number of aryl methyl sites for hydroxylation is 1. The summed E-state index contributed by atoms with van der Waals surface area (Å²) < 4.78 is 5.29. The lowest BCUT2D eigenvalue weighted by molar-refractivity contribution is 0.412. The zero-order valence-corrected chi connectivity index (χ0v) is 13.3. The Labute approximate surface area is 133 Å². The average Bonchev–Trinajstić information content (AvgIpc) is 2.97. The van der Waals surface area contributed by atoms with E-state index in [0.29, 0.717) is 0 Å². The van der Waals surface area contributed by atoms with E-state index < -0.39 is 0 Å². The number of ether oxygens (including phenoxy) is 1. The molecule has 0 aliphatic heterocycles. The third kappa shape index (κ3) is 2.80. The van der Waals surface area contributed by atoms with E-state index in [1.807, 2.05) is 43.3 Å². The summed E-state index contributed by atoms with van der Waals surface area (Å²) >= 11 is 7.83. The van der Waals surface area contributed by atoms with Crippen LogP contribution in [0.1, 0.15) is 5.56 Å². The highest BCUT2D eigenvalue weighted by atomic mass is 35.5. The number of hydrogen-bond acceptors (Lipinski definition) is 3. The van der Waals surface area contributed by atoms with Crippen LogP contribution in [0.5, 0.6) is 5.75 Å². The third-order valence-electron chi connectivity index (χ3n) is 3.30. The van der Waals surface area contributed by atoms with E-state index in [4.69, 9.17) is 21.3 Å². The molecule has 0 atom stereocenters. The number of methoxy groups -OCH3 is 1. The molecule has 0 N–H and O–H groups in total. The summed E-state index contributed by atoms with van der Waals surface area (Å²) in [4.78, 5) is 4.70. The molecule has 3 rings (SSSR count). The van der Waals surface area contributed by atoms with Crippen LogP contribution >= 0.6 is 22.9 Å². The van der Waals surface area contributed by atoms with Gasteiger partial charge in [-0.05, 0) is 36.8 Å². The van der Waals surface area contributed by atoms with Crippen molar-refractivity contribution >= 4 is 22.9 Å². The summed E-state index contributed by atoms with van der Waals surface area (Å²) in [5.41, 5.74) is 4.12. The first-order valence-corrected chi connectivity index (χ1v) is 7.80. The Bertz CT molecular complexity index is 782. The fourth-order valence-corrected chi connectivity index (χ4v) is 3.35. The molecule has 1 aromatic heterocycles. The zero-order chi connectivity index (χ0) is 14.8. The summed E-state index contributed by atoms with van der Waals surface area (Å²) in [5.74, 6) is 0.889. The lowest BCUT2D eigenvalue weighted by Crippen LogP contribution is -1.88. The molecular formula is C17H14ClNOS. The minimum Gasteiger partial charge on any atom is -0.496 e. The highest BCUT2D eigenvalue weighted by Crippen LogP contribution is 2.34. The Hall–Kier alpha value is -1.84. The van der Waals surface area contributed by atoms with Crippen LogP contribution in [0.25, 0.3) is 21.8 Å². The van der Waals surface area contributed by atoms with Crippen molar-refractivity contribution in [2.75, 3.05) is 7.11 Å². The van der Waals surface area contributed by atoms with Gasteiger partial charge in [-0.25, -0.2) is 4.98 Å². The van der Waals surface area contributed by atoms with E-state index in [2.05, 4.69) is 11.4 Å². The molecule has 106 valence electrons. The maximum absolute atomic E-state index is 6.23. The van der Waals surface area contributed by atoms with Gasteiger partial charge >= 0.3 is 0 Å². The van der Waals surface area contributed by atoms with Crippen LogP contribution in [0.2, 0.25) is 5.02 Å². The number of halogens is 1. The number of benzene rings is 2. The second kappa shape index (κ2) is 5.88. The van der Waals surface area contributed by atoms with Crippen LogP contribution in [0.3, 0.4) is 0 Å². The lowest BCUT2D eigenvalue weighted by Gasteiger charge is -2.05. The number of hydrogen-bond donors (Lipinski definition) is 0. The van der Waals surface area contributed by atoms with Gasteiger partial charge in [-0.3, -0.25) is 0 Å².